The number of rotatable bonds is 9. The Hall–Kier alpha value is -4.18. The molecule has 3 rings (SSSR count). The van der Waals surface area contributed by atoms with Gasteiger partial charge >= 0.3 is 6.09 Å². The minimum atomic E-state index is -3.40. The van der Waals surface area contributed by atoms with Gasteiger partial charge in [0.1, 0.15) is 11.6 Å². The molecule has 3 aromatic rings. The molecule has 0 spiro atoms. The molecule has 0 fully saturated rings. The normalized spacial score (nSPS) is 11.8. The Bertz CT molecular complexity index is 1390. The maximum atomic E-state index is 13.0. The van der Waals surface area contributed by atoms with Crippen molar-refractivity contribution in [2.45, 2.75) is 30.8 Å². The minimum Gasteiger partial charge on any atom is -0.481 e. The van der Waals surface area contributed by atoms with Crippen molar-refractivity contribution in [3.8, 4) is 16.9 Å². The van der Waals surface area contributed by atoms with Crippen molar-refractivity contribution < 1.29 is 27.5 Å². The van der Waals surface area contributed by atoms with Gasteiger partial charge in [-0.15, -0.1) is 0 Å². The first kappa shape index (κ1) is 27.4. The third-order valence-electron chi connectivity index (χ3n) is 5.41. The molecule has 0 bridgehead atoms. The Labute approximate surface area is 216 Å². The molecular weight excluding hydrogens is 494 g/mol. The standard InChI is InChI=1S/C27H29N3O6S/c1-4-8-23(36-21-10-7-9-19(17-21)25(28)30-27(32)35-2)26(31)29-20-15-13-18(14-16-20)22-11-5-6-12-24(22)37(3,33)34/h5-7,9-17,23H,4,8H2,1-3H3,(H,29,31)(H2,28,30,32)/t23-/m0/s1. The number of alkyl carbamates (subject to hydrolysis) is 1. The molecule has 194 valence electrons. The molecule has 10 heteroatoms. The van der Waals surface area contributed by atoms with Gasteiger partial charge in [0, 0.05) is 23.1 Å². The third kappa shape index (κ3) is 7.40. The monoisotopic (exact) mass is 523 g/mol. The molecule has 0 saturated carbocycles. The van der Waals surface area contributed by atoms with Crippen LogP contribution in [0.15, 0.2) is 77.7 Å². The molecule has 9 nitrogen and oxygen atoms in total. The summed E-state index contributed by atoms with van der Waals surface area (Å²) in [5.74, 6) is -0.138. The Morgan fingerprint density at radius 1 is 1.00 bits per heavy atom. The number of sulfone groups is 1. The van der Waals surface area contributed by atoms with Crippen LogP contribution in [0.25, 0.3) is 11.1 Å². The van der Waals surface area contributed by atoms with Crippen LogP contribution in [0.5, 0.6) is 5.75 Å². The topological polar surface area (TPSA) is 135 Å². The summed E-state index contributed by atoms with van der Waals surface area (Å²) in [5.41, 5.74) is 2.22. The van der Waals surface area contributed by atoms with Gasteiger partial charge in [0.05, 0.1) is 12.0 Å². The summed E-state index contributed by atoms with van der Waals surface area (Å²) >= 11 is 0. The zero-order valence-electron chi connectivity index (χ0n) is 20.8. The van der Waals surface area contributed by atoms with Gasteiger partial charge in [0.2, 0.25) is 0 Å². The SMILES string of the molecule is CCC[C@H](Oc1cccc(C(=N)NC(=O)OC)c1)C(=O)Nc1ccc(-c2ccccc2S(C)(=O)=O)cc1. The molecule has 1 atom stereocenters. The number of methoxy groups -OCH3 is 1. The molecule has 0 aliphatic heterocycles. The number of benzene rings is 3. The molecule has 37 heavy (non-hydrogen) atoms. The predicted octanol–water partition coefficient (Wildman–Crippen LogP) is 4.62. The van der Waals surface area contributed by atoms with Crippen LogP contribution in [-0.2, 0) is 19.4 Å². The van der Waals surface area contributed by atoms with Gasteiger partial charge < -0.3 is 14.8 Å². The van der Waals surface area contributed by atoms with E-state index in [2.05, 4.69) is 15.4 Å². The number of hydrogen-bond acceptors (Lipinski definition) is 7. The van der Waals surface area contributed by atoms with Gasteiger partial charge in [0.15, 0.2) is 15.9 Å². The van der Waals surface area contributed by atoms with E-state index in [0.29, 0.717) is 41.0 Å². The number of carbonyl (C=O) groups is 2. The lowest BCUT2D eigenvalue weighted by Crippen LogP contribution is -2.33. The first-order valence-corrected chi connectivity index (χ1v) is 13.4. The van der Waals surface area contributed by atoms with Crippen molar-refractivity contribution in [2.24, 2.45) is 0 Å². The fourth-order valence-electron chi connectivity index (χ4n) is 3.60. The molecule has 0 saturated heterocycles. The number of carbonyl (C=O) groups excluding carboxylic acids is 2. The second kappa shape index (κ2) is 12.2. The van der Waals surface area contributed by atoms with Crippen LogP contribution in [-0.4, -0.2) is 45.7 Å². The van der Waals surface area contributed by atoms with Crippen LogP contribution in [0.3, 0.4) is 0 Å². The van der Waals surface area contributed by atoms with E-state index in [4.69, 9.17) is 10.1 Å². The summed E-state index contributed by atoms with van der Waals surface area (Å²) < 4.78 is 34.7. The lowest BCUT2D eigenvalue weighted by atomic mass is 10.1. The maximum Gasteiger partial charge on any atom is 0.412 e. The highest BCUT2D eigenvalue weighted by atomic mass is 32.2. The Kier molecular flexibility index (Phi) is 9.02. The number of hydrogen-bond donors (Lipinski definition) is 3. The number of ether oxygens (including phenoxy) is 2. The van der Waals surface area contributed by atoms with Crippen LogP contribution in [0.4, 0.5) is 10.5 Å². The number of nitrogens with one attached hydrogen (secondary N) is 3. The largest absolute Gasteiger partial charge is 0.481 e. The van der Waals surface area contributed by atoms with Gasteiger partial charge in [-0.25, -0.2) is 13.2 Å². The van der Waals surface area contributed by atoms with E-state index in [9.17, 15) is 18.0 Å². The first-order valence-electron chi connectivity index (χ1n) is 11.5. The zero-order valence-corrected chi connectivity index (χ0v) is 21.6. The Morgan fingerprint density at radius 3 is 2.35 bits per heavy atom. The van der Waals surface area contributed by atoms with Gasteiger partial charge in [-0.3, -0.25) is 15.5 Å². The van der Waals surface area contributed by atoms with E-state index in [1.165, 1.54) is 13.4 Å². The summed E-state index contributed by atoms with van der Waals surface area (Å²) in [4.78, 5) is 24.6. The fraction of sp³-hybridized carbons (Fsp3) is 0.222. The summed E-state index contributed by atoms with van der Waals surface area (Å²) in [5, 5.41) is 13.1. The summed E-state index contributed by atoms with van der Waals surface area (Å²) in [6.45, 7) is 1.93. The molecule has 2 amide bonds. The fourth-order valence-corrected chi connectivity index (χ4v) is 4.52. The smallest absolute Gasteiger partial charge is 0.412 e. The summed E-state index contributed by atoms with van der Waals surface area (Å²) in [6.07, 6.45) is 0.758. The van der Waals surface area contributed by atoms with Crippen molar-refractivity contribution >= 4 is 33.4 Å². The highest BCUT2D eigenvalue weighted by Gasteiger charge is 2.21. The van der Waals surface area contributed by atoms with E-state index in [1.54, 1.807) is 72.8 Å². The lowest BCUT2D eigenvalue weighted by Gasteiger charge is -2.19. The predicted molar refractivity (Wildman–Crippen MR) is 142 cm³/mol. The van der Waals surface area contributed by atoms with Crippen molar-refractivity contribution in [3.05, 3.63) is 78.4 Å². The average Bonchev–Trinajstić information content (AvgIpc) is 2.88. The van der Waals surface area contributed by atoms with Gasteiger partial charge in [-0.2, -0.15) is 0 Å². The van der Waals surface area contributed by atoms with Crippen molar-refractivity contribution in [3.63, 3.8) is 0 Å². The van der Waals surface area contributed by atoms with Gasteiger partial charge in [-0.05, 0) is 42.3 Å². The Balaban J connectivity index is 1.73. The molecule has 3 aromatic carbocycles. The summed E-state index contributed by atoms with van der Waals surface area (Å²) in [7, 11) is -2.19. The average molecular weight is 524 g/mol. The molecule has 0 aliphatic carbocycles. The van der Waals surface area contributed by atoms with Crippen LogP contribution in [0.2, 0.25) is 0 Å². The third-order valence-corrected chi connectivity index (χ3v) is 6.56. The van der Waals surface area contributed by atoms with Crippen molar-refractivity contribution in [1.29, 1.82) is 5.41 Å². The van der Waals surface area contributed by atoms with Crippen LogP contribution in [0, 0.1) is 5.41 Å². The van der Waals surface area contributed by atoms with E-state index < -0.39 is 22.0 Å². The number of amidine groups is 1. The minimum absolute atomic E-state index is 0.161. The van der Waals surface area contributed by atoms with E-state index in [1.807, 2.05) is 6.92 Å². The first-order chi connectivity index (χ1) is 17.6. The summed E-state index contributed by atoms with van der Waals surface area (Å²) in [6, 6.07) is 20.2. The quantitative estimate of drug-likeness (QED) is 0.277. The van der Waals surface area contributed by atoms with Crippen LogP contribution >= 0.6 is 0 Å². The molecule has 0 aromatic heterocycles. The molecule has 3 N–H and O–H groups in total. The van der Waals surface area contributed by atoms with E-state index in [-0.39, 0.29) is 16.6 Å². The van der Waals surface area contributed by atoms with E-state index >= 15 is 0 Å². The molecule has 0 radical (unpaired) electrons. The van der Waals surface area contributed by atoms with Crippen molar-refractivity contribution in [1.82, 2.24) is 5.32 Å². The van der Waals surface area contributed by atoms with Crippen LogP contribution in [0.1, 0.15) is 25.3 Å². The van der Waals surface area contributed by atoms with E-state index in [0.717, 1.165) is 0 Å². The number of anilines is 1. The molecule has 0 aliphatic rings. The molecular formula is C27H29N3O6S. The van der Waals surface area contributed by atoms with Gasteiger partial charge in [-0.1, -0.05) is 55.8 Å². The maximum absolute atomic E-state index is 13.0. The van der Waals surface area contributed by atoms with Crippen LogP contribution < -0.4 is 15.4 Å². The highest BCUT2D eigenvalue weighted by molar-refractivity contribution is 7.90. The Morgan fingerprint density at radius 2 is 1.70 bits per heavy atom. The lowest BCUT2D eigenvalue weighted by molar-refractivity contribution is -0.123. The highest BCUT2D eigenvalue weighted by Crippen LogP contribution is 2.28. The van der Waals surface area contributed by atoms with Gasteiger partial charge in [0.25, 0.3) is 5.91 Å². The second-order valence-corrected chi connectivity index (χ2v) is 10.2. The number of amides is 2. The second-order valence-electron chi connectivity index (χ2n) is 8.25. The van der Waals surface area contributed by atoms with Crippen molar-refractivity contribution in [2.75, 3.05) is 18.7 Å². The zero-order chi connectivity index (χ0) is 27.0. The molecule has 0 heterocycles. The molecule has 0 unspecified atom stereocenters.